The number of carbonyl (C=O) groups excluding carboxylic acids is 2. The van der Waals surface area contributed by atoms with Crippen LogP contribution in [-0.4, -0.2) is 75.3 Å². The van der Waals surface area contributed by atoms with Gasteiger partial charge in [-0.15, -0.1) is 0 Å². The maximum Gasteiger partial charge on any atom is 0.192 e. The second kappa shape index (κ2) is 7.42. The van der Waals surface area contributed by atoms with E-state index in [1.807, 2.05) is 0 Å². The van der Waals surface area contributed by atoms with Crippen molar-refractivity contribution < 1.29 is 39.1 Å². The van der Waals surface area contributed by atoms with Crippen molar-refractivity contribution in [2.45, 2.75) is 75.9 Å². The third-order valence-electron chi connectivity index (χ3n) is 9.22. The molecule has 0 spiro atoms. The summed E-state index contributed by atoms with van der Waals surface area (Å²) in [6, 6.07) is 0. The van der Waals surface area contributed by atoms with Crippen molar-refractivity contribution in [1.29, 1.82) is 0 Å². The van der Waals surface area contributed by atoms with E-state index in [0.717, 1.165) is 5.57 Å². The molecular weight excluding hydrogens is 407 g/mol. The van der Waals surface area contributed by atoms with Crippen LogP contribution in [0.15, 0.2) is 11.6 Å². The predicted molar refractivity (Wildman–Crippen MR) is 108 cm³/mol. The van der Waals surface area contributed by atoms with Gasteiger partial charge in [-0.2, -0.15) is 0 Å². The third-order valence-corrected chi connectivity index (χ3v) is 9.22. The van der Waals surface area contributed by atoms with Crippen LogP contribution in [0.4, 0.5) is 4.39 Å². The fourth-order valence-electron chi connectivity index (χ4n) is 7.56. The molecule has 7 nitrogen and oxygen atoms in total. The Morgan fingerprint density at radius 2 is 1.97 bits per heavy atom. The molecular formula is C23H33FO7. The Hall–Kier alpha value is -1.19. The molecule has 4 aliphatic rings. The molecule has 4 rings (SSSR count). The molecule has 0 radical (unpaired) electrons. The minimum absolute atomic E-state index is 0.0223. The fourth-order valence-corrected chi connectivity index (χ4v) is 7.56. The van der Waals surface area contributed by atoms with E-state index in [0.29, 0.717) is 19.3 Å². The Labute approximate surface area is 181 Å². The third kappa shape index (κ3) is 2.75. The Bertz CT molecular complexity index is 814. The number of alkyl halides is 1. The highest BCUT2D eigenvalue weighted by molar-refractivity contribution is 5.92. The maximum absolute atomic E-state index is 17.1. The lowest BCUT2D eigenvalue weighted by atomic mass is 9.44. The van der Waals surface area contributed by atoms with Crippen LogP contribution in [0.1, 0.15) is 52.4 Å². The summed E-state index contributed by atoms with van der Waals surface area (Å²) in [5.41, 5.74) is -5.55. The molecule has 1 unspecified atom stereocenters. The lowest BCUT2D eigenvalue weighted by molar-refractivity contribution is -0.232. The molecule has 0 aromatic rings. The molecule has 0 bridgehead atoms. The number of fused-ring (bicyclic) bond motifs is 5. The van der Waals surface area contributed by atoms with Crippen LogP contribution in [0.2, 0.25) is 0 Å². The summed E-state index contributed by atoms with van der Waals surface area (Å²) in [6.07, 6.45) is 0.549. The average molecular weight is 441 g/mol. The largest absolute Gasteiger partial charge is 0.394 e. The second-order valence-electron chi connectivity index (χ2n) is 10.3. The van der Waals surface area contributed by atoms with Crippen LogP contribution in [0.25, 0.3) is 0 Å². The van der Waals surface area contributed by atoms with Crippen LogP contribution < -0.4 is 0 Å². The number of halogens is 1. The SMILES string of the molecule is C[C@]12CCC(=O)C=C1CC[C@H]1[C@@H]3C[C@@H](OCCO)[C@](O)(C(=O)CO)[C@@]3(C)C[C@H](O)C12F. The van der Waals surface area contributed by atoms with Crippen LogP contribution in [0.3, 0.4) is 0 Å². The Morgan fingerprint density at radius 1 is 1.26 bits per heavy atom. The van der Waals surface area contributed by atoms with Gasteiger partial charge in [-0.25, -0.2) is 4.39 Å². The number of aliphatic hydroxyl groups excluding tert-OH is 3. The molecule has 0 heterocycles. The van der Waals surface area contributed by atoms with Crippen LogP contribution >= 0.6 is 0 Å². The van der Waals surface area contributed by atoms with Gasteiger partial charge in [0.05, 0.1) is 25.4 Å². The summed E-state index contributed by atoms with van der Waals surface area (Å²) in [5, 5.41) is 41.6. The fraction of sp³-hybridized carbons (Fsp3) is 0.826. The zero-order chi connectivity index (χ0) is 22.8. The molecule has 4 N–H and O–H groups in total. The lowest BCUT2D eigenvalue weighted by Gasteiger charge is -2.63. The van der Waals surface area contributed by atoms with Gasteiger partial charge in [0.25, 0.3) is 0 Å². The molecule has 8 atom stereocenters. The number of carbonyl (C=O) groups is 2. The first kappa shape index (κ1) is 23.0. The first-order valence-corrected chi connectivity index (χ1v) is 11.2. The summed E-state index contributed by atoms with van der Waals surface area (Å²) in [6.45, 7) is 2.15. The average Bonchev–Trinajstić information content (AvgIpc) is 2.95. The predicted octanol–water partition coefficient (Wildman–Crippen LogP) is 0.861. The van der Waals surface area contributed by atoms with Crippen molar-refractivity contribution in [3.05, 3.63) is 11.6 Å². The van der Waals surface area contributed by atoms with E-state index in [9.17, 15) is 30.0 Å². The number of Topliss-reactive ketones (excluding diaryl/α,β-unsaturated/α-hetero) is 1. The van der Waals surface area contributed by atoms with Crippen molar-refractivity contribution in [3.8, 4) is 0 Å². The van der Waals surface area contributed by atoms with E-state index in [1.54, 1.807) is 13.8 Å². The van der Waals surface area contributed by atoms with Crippen molar-refractivity contribution in [2.24, 2.45) is 22.7 Å². The molecule has 4 aliphatic carbocycles. The van der Waals surface area contributed by atoms with Gasteiger partial charge in [0, 0.05) is 23.2 Å². The van der Waals surface area contributed by atoms with Gasteiger partial charge in [0.15, 0.2) is 17.2 Å². The molecule has 8 heteroatoms. The van der Waals surface area contributed by atoms with Gasteiger partial charge in [-0.3, -0.25) is 9.59 Å². The van der Waals surface area contributed by atoms with Gasteiger partial charge >= 0.3 is 0 Å². The lowest BCUT2D eigenvalue weighted by Crippen LogP contribution is -2.70. The number of hydrogen-bond acceptors (Lipinski definition) is 7. The summed E-state index contributed by atoms with van der Waals surface area (Å²) in [5.74, 6) is -1.95. The number of rotatable bonds is 5. The first-order chi connectivity index (χ1) is 14.5. The Balaban J connectivity index is 1.80. The number of aliphatic hydroxyl groups is 4. The van der Waals surface area contributed by atoms with Gasteiger partial charge < -0.3 is 25.2 Å². The normalized spacial score (nSPS) is 49.1. The Kier molecular flexibility index (Phi) is 5.50. The number of ether oxygens (including phenoxy) is 1. The van der Waals surface area contributed by atoms with Crippen molar-refractivity contribution >= 4 is 11.6 Å². The summed E-state index contributed by atoms with van der Waals surface area (Å²) in [4.78, 5) is 24.8. The Morgan fingerprint density at radius 3 is 2.61 bits per heavy atom. The molecule has 3 saturated carbocycles. The van der Waals surface area contributed by atoms with E-state index in [1.165, 1.54) is 6.08 Å². The maximum atomic E-state index is 17.1. The second-order valence-corrected chi connectivity index (χ2v) is 10.3. The highest BCUT2D eigenvalue weighted by Crippen LogP contribution is 2.70. The molecule has 3 fully saturated rings. The number of allylic oxidation sites excluding steroid dienone is 1. The minimum atomic E-state index is -2.09. The molecule has 174 valence electrons. The summed E-state index contributed by atoms with van der Waals surface area (Å²) >= 11 is 0. The van der Waals surface area contributed by atoms with Crippen molar-refractivity contribution in [3.63, 3.8) is 0 Å². The minimum Gasteiger partial charge on any atom is -0.394 e. The van der Waals surface area contributed by atoms with E-state index in [-0.39, 0.29) is 38.3 Å². The van der Waals surface area contributed by atoms with Crippen molar-refractivity contribution in [2.75, 3.05) is 19.8 Å². The standard InChI is InChI=1S/C23H33FO7/c1-20-6-5-14(27)9-13(20)3-4-15-16-10-19(31-8-7-25)23(30,18(29)12-26)21(16,2)11-17(28)22(15,20)24/h9,15-17,19,25-26,28,30H,3-8,10-12H2,1-2H3/t15-,16-,17-,19+,20-,21-,22?,23+/m0/s1. The molecule has 0 aromatic heterocycles. The van der Waals surface area contributed by atoms with Crippen LogP contribution in [-0.2, 0) is 14.3 Å². The van der Waals surface area contributed by atoms with E-state index < -0.39 is 58.5 Å². The quantitative estimate of drug-likeness (QED) is 0.500. The van der Waals surface area contributed by atoms with Gasteiger partial charge in [-0.05, 0) is 44.1 Å². The molecule has 0 aromatic carbocycles. The zero-order valence-corrected chi connectivity index (χ0v) is 18.1. The van der Waals surface area contributed by atoms with Crippen molar-refractivity contribution in [1.82, 2.24) is 0 Å². The van der Waals surface area contributed by atoms with E-state index in [2.05, 4.69) is 0 Å². The van der Waals surface area contributed by atoms with Gasteiger partial charge in [-0.1, -0.05) is 19.4 Å². The van der Waals surface area contributed by atoms with Crippen LogP contribution in [0, 0.1) is 22.7 Å². The highest BCUT2D eigenvalue weighted by atomic mass is 19.1. The van der Waals surface area contributed by atoms with Crippen LogP contribution in [0.5, 0.6) is 0 Å². The highest BCUT2D eigenvalue weighted by Gasteiger charge is 2.76. The van der Waals surface area contributed by atoms with Gasteiger partial charge in [0.1, 0.15) is 12.3 Å². The zero-order valence-electron chi connectivity index (χ0n) is 18.1. The molecule has 0 saturated heterocycles. The first-order valence-electron chi connectivity index (χ1n) is 11.2. The number of ketones is 2. The number of hydrogen-bond donors (Lipinski definition) is 4. The molecule has 0 amide bonds. The van der Waals surface area contributed by atoms with E-state index in [4.69, 9.17) is 4.74 Å². The van der Waals surface area contributed by atoms with E-state index >= 15 is 4.39 Å². The summed E-state index contributed by atoms with van der Waals surface area (Å²) in [7, 11) is 0. The topological polar surface area (TPSA) is 124 Å². The summed E-state index contributed by atoms with van der Waals surface area (Å²) < 4.78 is 22.7. The monoisotopic (exact) mass is 440 g/mol. The smallest absolute Gasteiger partial charge is 0.192 e. The molecule has 0 aliphatic heterocycles. The molecule has 31 heavy (non-hydrogen) atoms. The van der Waals surface area contributed by atoms with Gasteiger partial charge in [0.2, 0.25) is 0 Å².